The fraction of sp³-hybridized carbons (Fsp3) is 0.429. The van der Waals surface area contributed by atoms with Crippen molar-refractivity contribution in [1.82, 2.24) is 4.90 Å². The second-order valence-electron chi connectivity index (χ2n) is 9.09. The van der Waals surface area contributed by atoms with Gasteiger partial charge >= 0.3 is 0 Å². The number of benzene rings is 2. The second kappa shape index (κ2) is 10.3. The highest BCUT2D eigenvalue weighted by Gasteiger charge is 2.42. The summed E-state index contributed by atoms with van der Waals surface area (Å²) >= 11 is 0. The highest BCUT2D eigenvalue weighted by Crippen LogP contribution is 2.41. The number of amides is 1. The average molecular weight is 464 g/mol. The number of hydrogen-bond donors (Lipinski definition) is 0. The number of ether oxygens (including phenoxy) is 2. The monoisotopic (exact) mass is 463 g/mol. The van der Waals surface area contributed by atoms with Crippen LogP contribution in [0, 0.1) is 5.92 Å². The van der Waals surface area contributed by atoms with E-state index in [1.807, 2.05) is 31.2 Å². The van der Waals surface area contributed by atoms with Gasteiger partial charge in [-0.2, -0.15) is 0 Å². The molecule has 1 aromatic heterocycles. The first-order chi connectivity index (χ1) is 16.5. The van der Waals surface area contributed by atoms with Crippen LogP contribution >= 0.6 is 0 Å². The van der Waals surface area contributed by atoms with E-state index >= 15 is 0 Å². The van der Waals surface area contributed by atoms with Gasteiger partial charge in [0, 0.05) is 6.54 Å². The SMILES string of the molecule is CCCCN1C(=O)c2oc3ccccc3c(=O)c2[C@@H]1c1ccc(OCCC(C)C)c(OCC)c1. The molecule has 0 saturated heterocycles. The van der Waals surface area contributed by atoms with Gasteiger partial charge in [0.25, 0.3) is 5.91 Å². The summed E-state index contributed by atoms with van der Waals surface area (Å²) in [4.78, 5) is 28.7. The van der Waals surface area contributed by atoms with Crippen molar-refractivity contribution in [2.24, 2.45) is 5.92 Å². The summed E-state index contributed by atoms with van der Waals surface area (Å²) in [5, 5.41) is 0.482. The average Bonchev–Trinajstić information content (AvgIpc) is 3.10. The lowest BCUT2D eigenvalue weighted by Crippen LogP contribution is -2.30. The van der Waals surface area contributed by atoms with Crippen LogP contribution in [0.15, 0.2) is 51.7 Å². The Morgan fingerprint density at radius 3 is 2.56 bits per heavy atom. The molecule has 4 rings (SSSR count). The molecule has 180 valence electrons. The molecule has 0 saturated carbocycles. The van der Waals surface area contributed by atoms with Crippen molar-refractivity contribution in [3.63, 3.8) is 0 Å². The molecule has 0 unspecified atom stereocenters. The molecule has 34 heavy (non-hydrogen) atoms. The smallest absolute Gasteiger partial charge is 0.290 e. The first kappa shape index (κ1) is 23.9. The molecule has 1 amide bonds. The van der Waals surface area contributed by atoms with Crippen LogP contribution in [0.4, 0.5) is 0 Å². The number of fused-ring (bicyclic) bond motifs is 2. The maximum atomic E-state index is 13.6. The van der Waals surface area contributed by atoms with Gasteiger partial charge in [-0.15, -0.1) is 0 Å². The van der Waals surface area contributed by atoms with E-state index in [-0.39, 0.29) is 17.1 Å². The number of carbonyl (C=O) groups is 1. The van der Waals surface area contributed by atoms with Crippen LogP contribution in [0.5, 0.6) is 11.5 Å². The number of nitrogens with zero attached hydrogens (tertiary/aromatic N) is 1. The Labute approximate surface area is 200 Å². The number of carbonyl (C=O) groups excluding carboxylic acids is 1. The minimum Gasteiger partial charge on any atom is -0.490 e. The summed E-state index contributed by atoms with van der Waals surface area (Å²) in [6, 6.07) is 12.3. The Hall–Kier alpha value is -3.28. The third-order valence-electron chi connectivity index (χ3n) is 6.16. The summed E-state index contributed by atoms with van der Waals surface area (Å²) in [6.45, 7) is 9.94. The largest absolute Gasteiger partial charge is 0.490 e. The van der Waals surface area contributed by atoms with Crippen LogP contribution in [-0.4, -0.2) is 30.6 Å². The van der Waals surface area contributed by atoms with E-state index in [4.69, 9.17) is 13.9 Å². The summed E-state index contributed by atoms with van der Waals surface area (Å²) in [5.74, 6) is 1.72. The molecular formula is C28H33NO5. The zero-order chi connectivity index (χ0) is 24.2. The normalized spacial score (nSPS) is 15.3. The standard InChI is InChI=1S/C28H33NO5/c1-5-7-15-29-25(19-12-13-22(23(17-19)32-6-2)33-16-14-18(3)4)24-26(30)20-10-8-9-11-21(20)34-27(24)28(29)31/h8-13,17-18,25H,5-7,14-16H2,1-4H3/t25-/m0/s1. The van der Waals surface area contributed by atoms with Gasteiger partial charge < -0.3 is 18.8 Å². The molecule has 1 aliphatic rings. The van der Waals surface area contributed by atoms with Crippen molar-refractivity contribution < 1.29 is 18.7 Å². The van der Waals surface area contributed by atoms with Gasteiger partial charge in [-0.05, 0) is 55.5 Å². The van der Waals surface area contributed by atoms with E-state index in [1.165, 1.54) is 0 Å². The summed E-state index contributed by atoms with van der Waals surface area (Å²) in [6.07, 6.45) is 2.71. The second-order valence-corrected chi connectivity index (χ2v) is 9.09. The molecule has 3 aromatic rings. The number of unbranched alkanes of at least 4 members (excludes halogenated alkanes) is 1. The van der Waals surface area contributed by atoms with Gasteiger partial charge in [-0.3, -0.25) is 9.59 Å². The summed E-state index contributed by atoms with van der Waals surface area (Å²) in [7, 11) is 0. The molecule has 0 bridgehead atoms. The highest BCUT2D eigenvalue weighted by atomic mass is 16.5. The predicted molar refractivity (Wildman–Crippen MR) is 133 cm³/mol. The van der Waals surface area contributed by atoms with Crippen molar-refractivity contribution >= 4 is 16.9 Å². The maximum absolute atomic E-state index is 13.6. The van der Waals surface area contributed by atoms with E-state index in [0.29, 0.717) is 53.7 Å². The first-order valence-electron chi connectivity index (χ1n) is 12.2. The lowest BCUT2D eigenvalue weighted by Gasteiger charge is -2.26. The Balaban J connectivity index is 1.81. The Morgan fingerprint density at radius 2 is 1.82 bits per heavy atom. The molecule has 0 aliphatic carbocycles. The Bertz CT molecular complexity index is 1230. The first-order valence-corrected chi connectivity index (χ1v) is 12.2. The van der Waals surface area contributed by atoms with Gasteiger partial charge in [0.1, 0.15) is 5.58 Å². The van der Waals surface area contributed by atoms with Crippen molar-refractivity contribution in [2.45, 2.75) is 53.0 Å². The van der Waals surface area contributed by atoms with Crippen LogP contribution in [0.1, 0.15) is 74.7 Å². The van der Waals surface area contributed by atoms with Crippen LogP contribution < -0.4 is 14.9 Å². The van der Waals surface area contributed by atoms with E-state index in [9.17, 15) is 9.59 Å². The maximum Gasteiger partial charge on any atom is 0.290 e. The minimum absolute atomic E-state index is 0.139. The van der Waals surface area contributed by atoms with Crippen molar-refractivity contribution in [1.29, 1.82) is 0 Å². The van der Waals surface area contributed by atoms with Crippen LogP contribution in [0.25, 0.3) is 11.0 Å². The van der Waals surface area contributed by atoms with Crippen molar-refractivity contribution in [3.8, 4) is 11.5 Å². The molecule has 6 heteroatoms. The molecule has 2 heterocycles. The molecule has 1 aliphatic heterocycles. The van der Waals surface area contributed by atoms with E-state index in [2.05, 4.69) is 20.8 Å². The molecule has 0 spiro atoms. The minimum atomic E-state index is -0.529. The lowest BCUT2D eigenvalue weighted by atomic mass is 9.98. The van der Waals surface area contributed by atoms with Crippen LogP contribution in [-0.2, 0) is 0 Å². The summed E-state index contributed by atoms with van der Waals surface area (Å²) in [5.41, 5.74) is 1.48. The zero-order valence-electron chi connectivity index (χ0n) is 20.4. The van der Waals surface area contributed by atoms with Crippen LogP contribution in [0.3, 0.4) is 0 Å². The summed E-state index contributed by atoms with van der Waals surface area (Å²) < 4.78 is 17.9. The van der Waals surface area contributed by atoms with Gasteiger partial charge in [0.15, 0.2) is 16.9 Å². The third kappa shape index (κ3) is 4.54. The molecule has 1 atom stereocenters. The Morgan fingerprint density at radius 1 is 1.03 bits per heavy atom. The molecule has 0 radical (unpaired) electrons. The Kier molecular flexibility index (Phi) is 7.25. The molecule has 6 nitrogen and oxygen atoms in total. The zero-order valence-corrected chi connectivity index (χ0v) is 20.4. The van der Waals surface area contributed by atoms with E-state index in [1.54, 1.807) is 23.1 Å². The molecular weight excluding hydrogens is 430 g/mol. The molecule has 0 fully saturated rings. The fourth-order valence-corrected chi connectivity index (χ4v) is 4.36. The number of hydrogen-bond acceptors (Lipinski definition) is 5. The number of para-hydroxylation sites is 1. The van der Waals surface area contributed by atoms with Gasteiger partial charge in [0.2, 0.25) is 5.76 Å². The highest BCUT2D eigenvalue weighted by molar-refractivity contribution is 5.99. The third-order valence-corrected chi connectivity index (χ3v) is 6.16. The van der Waals surface area contributed by atoms with E-state index < -0.39 is 6.04 Å². The van der Waals surface area contributed by atoms with Gasteiger partial charge in [-0.25, -0.2) is 0 Å². The van der Waals surface area contributed by atoms with Crippen molar-refractivity contribution in [3.05, 3.63) is 69.6 Å². The van der Waals surface area contributed by atoms with Crippen molar-refractivity contribution in [2.75, 3.05) is 19.8 Å². The van der Waals surface area contributed by atoms with E-state index in [0.717, 1.165) is 24.8 Å². The van der Waals surface area contributed by atoms with Crippen LogP contribution in [0.2, 0.25) is 0 Å². The van der Waals surface area contributed by atoms with Gasteiger partial charge in [-0.1, -0.05) is 45.4 Å². The molecule has 2 aromatic carbocycles. The fourth-order valence-electron chi connectivity index (χ4n) is 4.36. The topological polar surface area (TPSA) is 69.0 Å². The quantitative estimate of drug-likeness (QED) is 0.371. The van der Waals surface area contributed by atoms with Gasteiger partial charge in [0.05, 0.1) is 30.2 Å². The molecule has 0 N–H and O–H groups in total. The predicted octanol–water partition coefficient (Wildman–Crippen LogP) is 5.96. The number of rotatable bonds is 10. The lowest BCUT2D eigenvalue weighted by molar-refractivity contribution is 0.0725.